The highest BCUT2D eigenvalue weighted by Crippen LogP contribution is 2.09. The van der Waals surface area contributed by atoms with Crippen LogP contribution in [0.1, 0.15) is 52.4 Å². The number of piperidine rings is 1. The van der Waals surface area contributed by atoms with Crippen molar-refractivity contribution >= 4 is 5.78 Å². The van der Waals surface area contributed by atoms with Gasteiger partial charge in [0, 0.05) is 13.0 Å². The summed E-state index contributed by atoms with van der Waals surface area (Å²) in [6, 6.07) is 0. The van der Waals surface area contributed by atoms with Crippen LogP contribution in [0.4, 0.5) is 0 Å². The minimum Gasteiger partial charge on any atom is -0.300 e. The Labute approximate surface area is 106 Å². The smallest absolute Gasteiger partial charge is 0.155 e. The summed E-state index contributed by atoms with van der Waals surface area (Å²) in [6.07, 6.45) is 10.7. The minimum absolute atomic E-state index is 0.294. The molecule has 0 aliphatic carbocycles. The van der Waals surface area contributed by atoms with E-state index in [1.807, 2.05) is 6.08 Å². The summed E-state index contributed by atoms with van der Waals surface area (Å²) >= 11 is 0. The maximum Gasteiger partial charge on any atom is 0.155 e. The van der Waals surface area contributed by atoms with Crippen molar-refractivity contribution in [1.29, 1.82) is 0 Å². The molecule has 1 aliphatic rings. The van der Waals surface area contributed by atoms with E-state index in [0.29, 0.717) is 18.1 Å². The topological polar surface area (TPSA) is 20.3 Å². The molecular formula is C15H27NO. The molecule has 1 rings (SSSR count). The van der Waals surface area contributed by atoms with Crippen LogP contribution in [0, 0.1) is 5.92 Å². The Kier molecular flexibility index (Phi) is 7.18. The van der Waals surface area contributed by atoms with E-state index in [0.717, 1.165) is 19.4 Å². The van der Waals surface area contributed by atoms with Gasteiger partial charge in [0.2, 0.25) is 0 Å². The second kappa shape index (κ2) is 8.46. The van der Waals surface area contributed by atoms with Crippen LogP contribution in [0.15, 0.2) is 12.2 Å². The summed E-state index contributed by atoms with van der Waals surface area (Å²) in [4.78, 5) is 14.0. The van der Waals surface area contributed by atoms with Crippen LogP contribution in [0.5, 0.6) is 0 Å². The van der Waals surface area contributed by atoms with Crippen molar-refractivity contribution in [2.24, 2.45) is 5.92 Å². The third kappa shape index (κ3) is 7.32. The first kappa shape index (κ1) is 14.4. The molecule has 1 saturated heterocycles. The fourth-order valence-corrected chi connectivity index (χ4v) is 2.24. The van der Waals surface area contributed by atoms with Gasteiger partial charge in [0.05, 0.1) is 0 Å². The van der Waals surface area contributed by atoms with Crippen LogP contribution in [0.2, 0.25) is 0 Å². The molecule has 98 valence electrons. The molecule has 0 saturated carbocycles. The van der Waals surface area contributed by atoms with Crippen molar-refractivity contribution in [2.75, 3.05) is 19.6 Å². The second-order valence-corrected chi connectivity index (χ2v) is 5.52. The Balaban J connectivity index is 2.08. The Morgan fingerprint density at radius 1 is 1.24 bits per heavy atom. The molecule has 0 N–H and O–H groups in total. The van der Waals surface area contributed by atoms with Crippen LogP contribution in [-0.4, -0.2) is 30.3 Å². The van der Waals surface area contributed by atoms with Gasteiger partial charge < -0.3 is 0 Å². The molecule has 0 unspecified atom stereocenters. The third-order valence-corrected chi connectivity index (χ3v) is 3.32. The van der Waals surface area contributed by atoms with Crippen LogP contribution < -0.4 is 0 Å². The molecule has 0 atom stereocenters. The summed E-state index contributed by atoms with van der Waals surface area (Å²) in [7, 11) is 0. The van der Waals surface area contributed by atoms with Crippen molar-refractivity contribution in [3.8, 4) is 0 Å². The zero-order valence-corrected chi connectivity index (χ0v) is 11.5. The number of hydrogen-bond donors (Lipinski definition) is 0. The highest BCUT2D eigenvalue weighted by Gasteiger charge is 2.07. The molecule has 17 heavy (non-hydrogen) atoms. The van der Waals surface area contributed by atoms with Crippen molar-refractivity contribution in [1.82, 2.24) is 4.90 Å². The maximum atomic E-state index is 11.6. The Bertz CT molecular complexity index is 239. The number of carbonyl (C=O) groups is 1. The fourth-order valence-electron chi connectivity index (χ4n) is 2.24. The molecule has 0 spiro atoms. The first-order valence-corrected chi connectivity index (χ1v) is 7.10. The molecule has 0 aromatic rings. The second-order valence-electron chi connectivity index (χ2n) is 5.52. The van der Waals surface area contributed by atoms with Crippen molar-refractivity contribution in [2.45, 2.75) is 52.4 Å². The van der Waals surface area contributed by atoms with Crippen LogP contribution in [0.3, 0.4) is 0 Å². The van der Waals surface area contributed by atoms with Gasteiger partial charge in [-0.2, -0.15) is 0 Å². The average Bonchev–Trinajstić information content (AvgIpc) is 2.30. The summed E-state index contributed by atoms with van der Waals surface area (Å²) in [5, 5.41) is 0. The van der Waals surface area contributed by atoms with E-state index in [9.17, 15) is 4.79 Å². The number of carbonyl (C=O) groups excluding carboxylic acids is 1. The Hall–Kier alpha value is -0.630. The first-order chi connectivity index (χ1) is 8.18. The van der Waals surface area contributed by atoms with Gasteiger partial charge in [-0.3, -0.25) is 9.69 Å². The SMILES string of the molecule is CC(C)CCCC(=O)/C=C/CN1CCCCC1. The summed E-state index contributed by atoms with van der Waals surface area (Å²) in [5.74, 6) is 1.00. The van der Waals surface area contributed by atoms with Crippen LogP contribution in [0.25, 0.3) is 0 Å². The van der Waals surface area contributed by atoms with Gasteiger partial charge in [-0.15, -0.1) is 0 Å². The lowest BCUT2D eigenvalue weighted by atomic mass is 10.0. The minimum atomic E-state index is 0.294. The monoisotopic (exact) mass is 237 g/mol. The van der Waals surface area contributed by atoms with E-state index in [2.05, 4.69) is 18.7 Å². The standard InChI is InChI=1S/C15H27NO/c1-14(2)8-6-9-15(17)10-7-13-16-11-4-3-5-12-16/h7,10,14H,3-6,8-9,11-13H2,1-2H3/b10-7+. The molecule has 2 nitrogen and oxygen atoms in total. The van der Waals surface area contributed by atoms with E-state index in [1.54, 1.807) is 6.08 Å². The number of rotatable bonds is 7. The Morgan fingerprint density at radius 3 is 2.59 bits per heavy atom. The fraction of sp³-hybridized carbons (Fsp3) is 0.800. The lowest BCUT2D eigenvalue weighted by Crippen LogP contribution is -2.29. The number of nitrogens with zero attached hydrogens (tertiary/aromatic N) is 1. The lowest BCUT2D eigenvalue weighted by molar-refractivity contribution is -0.114. The zero-order valence-electron chi connectivity index (χ0n) is 11.5. The van der Waals surface area contributed by atoms with Crippen molar-refractivity contribution in [3.05, 3.63) is 12.2 Å². The third-order valence-electron chi connectivity index (χ3n) is 3.32. The van der Waals surface area contributed by atoms with E-state index in [-0.39, 0.29) is 0 Å². The van der Waals surface area contributed by atoms with Crippen LogP contribution >= 0.6 is 0 Å². The predicted octanol–water partition coefficient (Wildman–Crippen LogP) is 3.42. The van der Waals surface area contributed by atoms with Gasteiger partial charge in [-0.05, 0) is 44.3 Å². The largest absolute Gasteiger partial charge is 0.300 e. The Morgan fingerprint density at radius 2 is 1.94 bits per heavy atom. The molecule has 1 heterocycles. The zero-order chi connectivity index (χ0) is 12.5. The van der Waals surface area contributed by atoms with Gasteiger partial charge in [0.15, 0.2) is 5.78 Å². The van der Waals surface area contributed by atoms with E-state index in [4.69, 9.17) is 0 Å². The number of ketones is 1. The highest BCUT2D eigenvalue weighted by molar-refractivity contribution is 5.89. The van der Waals surface area contributed by atoms with Gasteiger partial charge >= 0.3 is 0 Å². The quantitative estimate of drug-likeness (QED) is 0.632. The van der Waals surface area contributed by atoms with E-state index in [1.165, 1.54) is 32.4 Å². The van der Waals surface area contributed by atoms with Gasteiger partial charge in [-0.25, -0.2) is 0 Å². The van der Waals surface area contributed by atoms with E-state index >= 15 is 0 Å². The van der Waals surface area contributed by atoms with E-state index < -0.39 is 0 Å². The number of hydrogen-bond acceptors (Lipinski definition) is 2. The summed E-state index contributed by atoms with van der Waals surface area (Å²) in [6.45, 7) is 7.76. The summed E-state index contributed by atoms with van der Waals surface area (Å²) < 4.78 is 0. The number of allylic oxidation sites excluding steroid dienone is 1. The molecule has 0 aromatic heterocycles. The lowest BCUT2D eigenvalue weighted by Gasteiger charge is -2.24. The molecule has 0 aromatic carbocycles. The van der Waals surface area contributed by atoms with Gasteiger partial charge in [-0.1, -0.05) is 32.8 Å². The molecule has 1 aliphatic heterocycles. The van der Waals surface area contributed by atoms with Crippen LogP contribution in [-0.2, 0) is 4.79 Å². The normalized spacial score (nSPS) is 18.1. The van der Waals surface area contributed by atoms with Gasteiger partial charge in [0.25, 0.3) is 0 Å². The average molecular weight is 237 g/mol. The molecular weight excluding hydrogens is 210 g/mol. The maximum absolute atomic E-state index is 11.6. The van der Waals surface area contributed by atoms with Gasteiger partial charge in [0.1, 0.15) is 0 Å². The molecule has 0 radical (unpaired) electrons. The molecule has 1 fully saturated rings. The molecule has 2 heteroatoms. The first-order valence-electron chi connectivity index (χ1n) is 7.10. The predicted molar refractivity (Wildman–Crippen MR) is 73.1 cm³/mol. The highest BCUT2D eigenvalue weighted by atomic mass is 16.1. The molecule has 0 amide bonds. The number of likely N-dealkylation sites (tertiary alicyclic amines) is 1. The molecule has 0 bridgehead atoms. The summed E-state index contributed by atoms with van der Waals surface area (Å²) in [5.41, 5.74) is 0. The van der Waals surface area contributed by atoms with Crippen molar-refractivity contribution in [3.63, 3.8) is 0 Å². The van der Waals surface area contributed by atoms with Crippen molar-refractivity contribution < 1.29 is 4.79 Å².